The third kappa shape index (κ3) is 10.6. The van der Waals surface area contributed by atoms with Gasteiger partial charge in [0.05, 0.1) is 16.9 Å². The summed E-state index contributed by atoms with van der Waals surface area (Å²) in [7, 11) is -6.51. The first kappa shape index (κ1) is 43.1. The molecule has 16 nitrogen and oxygen atoms in total. The van der Waals surface area contributed by atoms with Gasteiger partial charge in [-0.15, -0.1) is 0 Å². The number of hydroxylamine groups is 2. The average Bonchev–Trinajstić information content (AvgIpc) is 3.18. The molecule has 2 aromatic heterocycles. The van der Waals surface area contributed by atoms with Gasteiger partial charge in [0.15, 0.2) is 0 Å². The third-order valence-corrected chi connectivity index (χ3v) is 13.5. The summed E-state index contributed by atoms with van der Waals surface area (Å²) in [5.41, 5.74) is 3.79. The number of carbonyl (C=O) groups excluding carboxylic acids is 2. The van der Waals surface area contributed by atoms with Gasteiger partial charge in [-0.2, -0.15) is 20.4 Å². The molecule has 0 bridgehead atoms. The molecule has 55 heavy (non-hydrogen) atoms. The van der Waals surface area contributed by atoms with E-state index >= 15 is 0 Å². The molecule has 3 heterocycles. The number of ether oxygens (including phenoxy) is 2. The summed E-state index contributed by atoms with van der Waals surface area (Å²) in [4.78, 5) is 32.5. The fraction of sp³-hybridized carbons (Fsp3) is 0.333. The minimum Gasteiger partial charge on any atom is -0.497 e. The number of benzene rings is 2. The van der Waals surface area contributed by atoms with Gasteiger partial charge >= 0.3 is 0 Å². The molecule has 1 fully saturated rings. The summed E-state index contributed by atoms with van der Waals surface area (Å²) in [5, 5.41) is 18.2. The van der Waals surface area contributed by atoms with Crippen molar-refractivity contribution in [3.8, 4) is 17.2 Å². The number of sulfonamides is 2. The topological polar surface area (TPSA) is 218 Å². The van der Waals surface area contributed by atoms with Crippen molar-refractivity contribution in [2.45, 2.75) is 60.9 Å². The Kier molecular flexibility index (Phi) is 14.7. The first-order valence-electron chi connectivity index (χ1n) is 16.8. The van der Waals surface area contributed by atoms with Crippen LogP contribution in [0.25, 0.3) is 0 Å². The molecular weight excluding hydrogens is 773 g/mol. The molecular formula is C36H44N6O10S3. The van der Waals surface area contributed by atoms with Gasteiger partial charge in [0.2, 0.25) is 20.0 Å². The Labute approximate surface area is 324 Å². The van der Waals surface area contributed by atoms with Gasteiger partial charge in [0, 0.05) is 48.4 Å². The summed E-state index contributed by atoms with van der Waals surface area (Å²) < 4.78 is 65.2. The lowest BCUT2D eigenvalue weighted by atomic mass is 10.0. The van der Waals surface area contributed by atoms with Crippen molar-refractivity contribution >= 4 is 43.6 Å². The second-order valence-electron chi connectivity index (χ2n) is 13.0. The van der Waals surface area contributed by atoms with E-state index in [9.17, 15) is 26.4 Å². The molecule has 2 aromatic carbocycles. The highest BCUT2D eigenvalue weighted by molar-refractivity contribution is 8.01. The van der Waals surface area contributed by atoms with Gasteiger partial charge in [-0.05, 0) is 92.1 Å². The van der Waals surface area contributed by atoms with Crippen molar-refractivity contribution in [3.05, 3.63) is 103 Å². The van der Waals surface area contributed by atoms with E-state index in [-0.39, 0.29) is 28.8 Å². The number of nitrogens with zero attached hydrogens (tertiary/aromatic N) is 4. The van der Waals surface area contributed by atoms with E-state index in [0.29, 0.717) is 28.6 Å². The molecule has 4 N–H and O–H groups in total. The molecule has 0 spiro atoms. The highest BCUT2D eigenvalue weighted by Crippen LogP contribution is 2.38. The van der Waals surface area contributed by atoms with Crippen molar-refractivity contribution in [1.29, 1.82) is 0 Å². The largest absolute Gasteiger partial charge is 0.497 e. The van der Waals surface area contributed by atoms with Crippen molar-refractivity contribution in [1.82, 2.24) is 29.5 Å². The fourth-order valence-electron chi connectivity index (χ4n) is 5.80. The van der Waals surface area contributed by atoms with E-state index in [1.807, 2.05) is 0 Å². The normalized spacial score (nSPS) is 16.3. The van der Waals surface area contributed by atoms with Gasteiger partial charge < -0.3 is 9.47 Å². The van der Waals surface area contributed by atoms with Gasteiger partial charge in [0.1, 0.15) is 29.3 Å². The maximum Gasteiger partial charge on any atom is 0.263 e. The lowest BCUT2D eigenvalue weighted by Crippen LogP contribution is -2.61. The number of amides is 2. The van der Waals surface area contributed by atoms with Crippen LogP contribution in [0, 0.1) is 5.92 Å². The predicted octanol–water partition coefficient (Wildman–Crippen LogP) is 4.08. The zero-order chi connectivity index (χ0) is 40.4. The van der Waals surface area contributed by atoms with Crippen LogP contribution in [0.5, 0.6) is 17.2 Å². The molecule has 2 amide bonds. The first-order chi connectivity index (χ1) is 26.1. The number of hydrogen-bond acceptors (Lipinski definition) is 13. The van der Waals surface area contributed by atoms with E-state index < -0.39 is 48.7 Å². The maximum atomic E-state index is 13.3. The van der Waals surface area contributed by atoms with Crippen LogP contribution >= 0.6 is 11.8 Å². The molecule has 0 radical (unpaired) electrons. The Morgan fingerprint density at radius 1 is 0.891 bits per heavy atom. The van der Waals surface area contributed by atoms with Crippen LogP contribution in [-0.4, -0.2) is 93.9 Å². The van der Waals surface area contributed by atoms with E-state index in [2.05, 4.69) is 9.97 Å². The molecule has 0 aliphatic carbocycles. The third-order valence-electron chi connectivity index (χ3n) is 8.45. The summed E-state index contributed by atoms with van der Waals surface area (Å²) >= 11 is 1.49. The molecule has 2 atom stereocenters. The van der Waals surface area contributed by atoms with Gasteiger partial charge in [-0.1, -0.05) is 19.9 Å². The Morgan fingerprint density at radius 3 is 2.04 bits per heavy atom. The zero-order valence-electron chi connectivity index (χ0n) is 30.8. The summed E-state index contributed by atoms with van der Waals surface area (Å²) in [6.07, 6.45) is 6.30. The summed E-state index contributed by atoms with van der Waals surface area (Å²) in [5.74, 6) is 0.182. The first-order valence-corrected chi connectivity index (χ1v) is 20.7. The average molecular weight is 817 g/mol. The Morgan fingerprint density at radius 2 is 1.49 bits per heavy atom. The van der Waals surface area contributed by atoms with Crippen LogP contribution in [-0.2, 0) is 36.2 Å². The van der Waals surface area contributed by atoms with E-state index in [0.717, 1.165) is 8.61 Å². The van der Waals surface area contributed by atoms with Crippen LogP contribution in [0.3, 0.4) is 0 Å². The molecule has 1 aliphatic heterocycles. The van der Waals surface area contributed by atoms with Crippen molar-refractivity contribution < 1.29 is 46.3 Å². The Hall–Kier alpha value is -4.63. The molecule has 1 aliphatic rings. The molecule has 1 saturated heterocycles. The van der Waals surface area contributed by atoms with Gasteiger partial charge in [0.25, 0.3) is 11.8 Å². The highest BCUT2D eigenvalue weighted by Gasteiger charge is 2.48. The second-order valence-corrected chi connectivity index (χ2v) is 18.5. The smallest absolute Gasteiger partial charge is 0.263 e. The van der Waals surface area contributed by atoms with Crippen LogP contribution in [0.15, 0.2) is 107 Å². The Bertz CT molecular complexity index is 2090. The monoisotopic (exact) mass is 816 g/mol. The number of aromatic nitrogens is 2. The number of hydrogen-bond donors (Lipinski definition) is 4. The summed E-state index contributed by atoms with van der Waals surface area (Å²) in [6.45, 7) is 7.08. The standard InChI is InChI=1S/C18H21N3O5S2.C18H23N3O5S/c1-18(2)16(17(22)20-23)21(11-12-27-18)28(24,25)15-5-3-13(4-6-15)26-14-7-9-19-10-8-14;1-13(2)17(18(22)20-23)21(12-14-5-4-10-19-11-14)27(24,25)16-8-6-15(26-3)7-9-16/h3-10,16,23H,11-12H2,1-2H3,(H,20,22);4-11,13,17,23H,12H2,1-3H3,(H,20,22)/t;17-/m.1/s1. The maximum absolute atomic E-state index is 13.3. The number of methoxy groups -OCH3 is 1. The number of thioether (sulfide) groups is 1. The van der Waals surface area contributed by atoms with E-state index in [1.165, 1.54) is 61.5 Å². The fourth-order valence-corrected chi connectivity index (χ4v) is 10.6. The van der Waals surface area contributed by atoms with Crippen LogP contribution in [0.1, 0.15) is 33.3 Å². The van der Waals surface area contributed by atoms with Gasteiger partial charge in [-0.25, -0.2) is 27.8 Å². The Balaban J connectivity index is 0.000000245. The number of rotatable bonds is 13. The van der Waals surface area contributed by atoms with E-state index in [1.54, 1.807) is 93.6 Å². The molecule has 5 rings (SSSR count). The number of pyridine rings is 2. The lowest BCUT2D eigenvalue weighted by molar-refractivity contribution is -0.135. The molecule has 0 saturated carbocycles. The minimum atomic E-state index is -4.05. The molecule has 4 aromatic rings. The second kappa shape index (κ2) is 18.8. The quantitative estimate of drug-likeness (QED) is 0.111. The van der Waals surface area contributed by atoms with Crippen LogP contribution in [0.2, 0.25) is 0 Å². The predicted molar refractivity (Wildman–Crippen MR) is 203 cm³/mol. The van der Waals surface area contributed by atoms with E-state index in [4.69, 9.17) is 19.9 Å². The van der Waals surface area contributed by atoms with Crippen molar-refractivity contribution in [3.63, 3.8) is 0 Å². The number of nitrogens with one attached hydrogen (secondary N) is 2. The van der Waals surface area contributed by atoms with Crippen LogP contribution < -0.4 is 20.4 Å². The SMILES string of the molecule is CC1(C)SCCN(S(=O)(=O)c2ccc(Oc3ccncc3)cc2)C1C(=O)NO.COc1ccc(S(=O)(=O)N(Cc2cccnc2)[C@@H](C(=O)NO)C(C)C)cc1. The molecule has 19 heteroatoms. The lowest BCUT2D eigenvalue weighted by Gasteiger charge is -2.43. The van der Waals surface area contributed by atoms with Crippen LogP contribution in [0.4, 0.5) is 0 Å². The van der Waals surface area contributed by atoms with Crippen molar-refractivity contribution in [2.24, 2.45) is 5.92 Å². The van der Waals surface area contributed by atoms with Crippen molar-refractivity contribution in [2.75, 3.05) is 19.4 Å². The highest BCUT2D eigenvalue weighted by atomic mass is 32.2. The molecule has 1 unspecified atom stereocenters. The minimum absolute atomic E-state index is 0.0172. The zero-order valence-corrected chi connectivity index (χ0v) is 33.2. The molecule has 296 valence electrons. The van der Waals surface area contributed by atoms with Gasteiger partial charge in [-0.3, -0.25) is 30.0 Å². The summed E-state index contributed by atoms with van der Waals surface area (Å²) in [6, 6.07) is 16.5. The number of carbonyl (C=O) groups is 2.